The summed E-state index contributed by atoms with van der Waals surface area (Å²) >= 11 is 5.84. The highest BCUT2D eigenvalue weighted by atomic mass is 35.5. The minimum atomic E-state index is -0.493. The number of benzene rings is 2. The first-order chi connectivity index (χ1) is 11.2. The maximum atomic E-state index is 12.0. The second-order valence-corrected chi connectivity index (χ2v) is 5.39. The van der Waals surface area contributed by atoms with E-state index in [9.17, 15) is 4.79 Å². The van der Waals surface area contributed by atoms with Gasteiger partial charge < -0.3 is 14.2 Å². The number of esters is 1. The summed E-state index contributed by atoms with van der Waals surface area (Å²) in [6, 6.07) is 12.4. The van der Waals surface area contributed by atoms with Crippen molar-refractivity contribution < 1.29 is 19.0 Å². The molecule has 23 heavy (non-hydrogen) atoms. The lowest BCUT2D eigenvalue weighted by molar-refractivity contribution is -0.129. The summed E-state index contributed by atoms with van der Waals surface area (Å²) in [6.45, 7) is 0.187. The molecule has 2 aliphatic heterocycles. The van der Waals surface area contributed by atoms with E-state index in [1.165, 1.54) is 0 Å². The Labute approximate surface area is 136 Å². The molecular weight excluding hydrogens is 318 g/mol. The van der Waals surface area contributed by atoms with E-state index in [-0.39, 0.29) is 18.4 Å². The van der Waals surface area contributed by atoms with E-state index in [1.807, 2.05) is 0 Å². The van der Waals surface area contributed by atoms with Crippen molar-refractivity contribution in [2.75, 3.05) is 6.79 Å². The Balaban J connectivity index is 1.66. The summed E-state index contributed by atoms with van der Waals surface area (Å²) in [5.41, 5.74) is 1.71. The van der Waals surface area contributed by atoms with Crippen LogP contribution in [0.1, 0.15) is 11.1 Å². The van der Waals surface area contributed by atoms with Crippen molar-refractivity contribution in [1.29, 1.82) is 0 Å². The van der Waals surface area contributed by atoms with Gasteiger partial charge in [0.15, 0.2) is 17.2 Å². The molecule has 0 amide bonds. The zero-order valence-electron chi connectivity index (χ0n) is 11.8. The van der Waals surface area contributed by atoms with E-state index in [2.05, 4.69) is 4.99 Å². The number of aliphatic imine (C=N–C) groups is 1. The van der Waals surface area contributed by atoms with Gasteiger partial charge in [-0.2, -0.15) is 0 Å². The number of fused-ring (bicyclic) bond motifs is 1. The van der Waals surface area contributed by atoms with E-state index >= 15 is 0 Å². The zero-order valence-corrected chi connectivity index (χ0v) is 12.5. The average molecular weight is 328 g/mol. The Hall–Kier alpha value is -2.79. The van der Waals surface area contributed by atoms with Crippen LogP contribution in [0.3, 0.4) is 0 Å². The molecular formula is C17H10ClNO4. The summed E-state index contributed by atoms with van der Waals surface area (Å²) in [4.78, 5) is 16.2. The Kier molecular flexibility index (Phi) is 3.28. The predicted molar refractivity (Wildman–Crippen MR) is 84.6 cm³/mol. The molecule has 6 heteroatoms. The van der Waals surface area contributed by atoms with Crippen molar-refractivity contribution in [2.24, 2.45) is 4.99 Å². The topological polar surface area (TPSA) is 57.1 Å². The highest BCUT2D eigenvalue weighted by Gasteiger charge is 2.25. The molecule has 0 N–H and O–H groups in total. The average Bonchev–Trinajstić information content (AvgIpc) is 3.16. The molecule has 0 radical (unpaired) electrons. The van der Waals surface area contributed by atoms with Crippen molar-refractivity contribution in [2.45, 2.75) is 0 Å². The first-order valence-corrected chi connectivity index (χ1v) is 7.25. The first kappa shape index (κ1) is 13.8. The van der Waals surface area contributed by atoms with Crippen LogP contribution < -0.4 is 9.47 Å². The maximum Gasteiger partial charge on any atom is 0.363 e. The molecule has 0 aromatic heterocycles. The fourth-order valence-corrected chi connectivity index (χ4v) is 2.41. The highest BCUT2D eigenvalue weighted by Crippen LogP contribution is 2.33. The van der Waals surface area contributed by atoms with E-state index in [0.717, 1.165) is 5.56 Å². The van der Waals surface area contributed by atoms with Crippen LogP contribution in [-0.4, -0.2) is 18.7 Å². The molecule has 0 atom stereocenters. The van der Waals surface area contributed by atoms with Crippen molar-refractivity contribution in [3.05, 3.63) is 64.3 Å². The van der Waals surface area contributed by atoms with Gasteiger partial charge in [-0.3, -0.25) is 0 Å². The summed E-state index contributed by atoms with van der Waals surface area (Å²) in [5, 5.41) is 0.630. The van der Waals surface area contributed by atoms with Gasteiger partial charge in [0.1, 0.15) is 0 Å². The van der Waals surface area contributed by atoms with Gasteiger partial charge in [0, 0.05) is 10.6 Å². The standard InChI is InChI=1S/C17H10ClNO4/c18-12-4-1-10(2-5-12)7-13-17(20)23-16(19-13)11-3-6-14-15(8-11)22-9-21-14/h1-8H,9H2/b13-7-. The quantitative estimate of drug-likeness (QED) is 0.626. The van der Waals surface area contributed by atoms with Crippen molar-refractivity contribution >= 4 is 29.5 Å². The molecule has 0 bridgehead atoms. The molecule has 4 rings (SSSR count). The van der Waals surface area contributed by atoms with Crippen LogP contribution in [0.15, 0.2) is 53.2 Å². The second kappa shape index (κ2) is 5.44. The van der Waals surface area contributed by atoms with Gasteiger partial charge in [-0.15, -0.1) is 0 Å². The van der Waals surface area contributed by atoms with E-state index in [4.69, 9.17) is 25.8 Å². The van der Waals surface area contributed by atoms with Gasteiger partial charge in [0.25, 0.3) is 0 Å². The molecule has 0 saturated heterocycles. The SMILES string of the molecule is O=C1OC(c2ccc3c(c2)OCO3)=N/C1=C\c1ccc(Cl)cc1. The Morgan fingerprint density at radius 2 is 1.83 bits per heavy atom. The van der Waals surface area contributed by atoms with Crippen molar-refractivity contribution in [1.82, 2.24) is 0 Å². The lowest BCUT2D eigenvalue weighted by Gasteiger charge is -2.01. The molecule has 0 unspecified atom stereocenters. The molecule has 0 fully saturated rings. The number of hydrogen-bond donors (Lipinski definition) is 0. The third kappa shape index (κ3) is 2.66. The number of carbonyl (C=O) groups excluding carboxylic acids is 1. The van der Waals surface area contributed by atoms with Gasteiger partial charge in [-0.1, -0.05) is 23.7 Å². The lowest BCUT2D eigenvalue weighted by Crippen LogP contribution is -2.05. The predicted octanol–water partition coefficient (Wildman–Crippen LogP) is 3.41. The molecule has 0 spiro atoms. The van der Waals surface area contributed by atoms with Gasteiger partial charge in [-0.25, -0.2) is 9.79 Å². The Morgan fingerprint density at radius 3 is 2.65 bits per heavy atom. The molecule has 5 nitrogen and oxygen atoms in total. The summed E-state index contributed by atoms with van der Waals surface area (Å²) in [5.74, 6) is 1.02. The van der Waals surface area contributed by atoms with Crippen LogP contribution in [0.4, 0.5) is 0 Å². The third-order valence-electron chi connectivity index (χ3n) is 3.41. The maximum absolute atomic E-state index is 12.0. The Morgan fingerprint density at radius 1 is 1.04 bits per heavy atom. The van der Waals surface area contributed by atoms with Crippen LogP contribution >= 0.6 is 11.6 Å². The van der Waals surface area contributed by atoms with Crippen molar-refractivity contribution in [3.8, 4) is 11.5 Å². The van der Waals surface area contributed by atoms with E-state index in [1.54, 1.807) is 48.5 Å². The number of nitrogens with zero attached hydrogens (tertiary/aromatic N) is 1. The molecule has 0 aliphatic carbocycles. The van der Waals surface area contributed by atoms with E-state index < -0.39 is 5.97 Å². The van der Waals surface area contributed by atoms with E-state index in [0.29, 0.717) is 22.1 Å². The van der Waals surface area contributed by atoms with Gasteiger partial charge in [-0.05, 0) is 42.0 Å². The number of ether oxygens (including phenoxy) is 3. The number of hydrogen-bond acceptors (Lipinski definition) is 5. The van der Waals surface area contributed by atoms with Crippen LogP contribution in [0, 0.1) is 0 Å². The molecule has 2 aliphatic rings. The third-order valence-corrected chi connectivity index (χ3v) is 3.67. The van der Waals surface area contributed by atoms with Gasteiger partial charge in [0.2, 0.25) is 12.7 Å². The van der Waals surface area contributed by atoms with Crippen LogP contribution in [0.25, 0.3) is 6.08 Å². The summed E-state index contributed by atoms with van der Waals surface area (Å²) < 4.78 is 15.8. The molecule has 114 valence electrons. The zero-order chi connectivity index (χ0) is 15.8. The fourth-order valence-electron chi connectivity index (χ4n) is 2.28. The second-order valence-electron chi connectivity index (χ2n) is 4.96. The summed E-state index contributed by atoms with van der Waals surface area (Å²) in [6.07, 6.45) is 1.65. The molecule has 2 heterocycles. The van der Waals surface area contributed by atoms with Crippen LogP contribution in [0.2, 0.25) is 5.02 Å². The van der Waals surface area contributed by atoms with Gasteiger partial charge in [0.05, 0.1) is 0 Å². The first-order valence-electron chi connectivity index (χ1n) is 6.87. The molecule has 2 aromatic rings. The minimum Gasteiger partial charge on any atom is -0.454 e. The molecule has 0 saturated carbocycles. The normalized spacial score (nSPS) is 17.3. The summed E-state index contributed by atoms with van der Waals surface area (Å²) in [7, 11) is 0. The number of carbonyl (C=O) groups is 1. The van der Waals surface area contributed by atoms with Crippen molar-refractivity contribution in [3.63, 3.8) is 0 Å². The fraction of sp³-hybridized carbons (Fsp3) is 0.0588. The van der Waals surface area contributed by atoms with Crippen LogP contribution in [0.5, 0.6) is 11.5 Å². The van der Waals surface area contributed by atoms with Gasteiger partial charge >= 0.3 is 5.97 Å². The number of halogens is 1. The smallest absolute Gasteiger partial charge is 0.363 e. The lowest BCUT2D eigenvalue weighted by atomic mass is 10.2. The number of rotatable bonds is 2. The van der Waals surface area contributed by atoms with Crippen LogP contribution in [-0.2, 0) is 9.53 Å². The monoisotopic (exact) mass is 327 g/mol. The molecule has 2 aromatic carbocycles. The minimum absolute atomic E-state index is 0.187. The Bertz CT molecular complexity index is 855. The highest BCUT2D eigenvalue weighted by molar-refractivity contribution is 6.30. The number of cyclic esters (lactones) is 1. The largest absolute Gasteiger partial charge is 0.454 e.